The van der Waals surface area contributed by atoms with Crippen LogP contribution in [0, 0.1) is 5.92 Å². The van der Waals surface area contributed by atoms with Gasteiger partial charge in [-0.2, -0.15) is 0 Å². The Labute approximate surface area is 113 Å². The molecule has 0 aliphatic carbocycles. The molecule has 0 unspecified atom stereocenters. The SMILES string of the molecule is CCO[C@@H]1O[C@@H](CO)C=C[C@H]1[C@H](O)c1ccccc1. The van der Waals surface area contributed by atoms with Crippen LogP contribution >= 0.6 is 0 Å². The maximum Gasteiger partial charge on any atom is 0.167 e. The summed E-state index contributed by atoms with van der Waals surface area (Å²) in [4.78, 5) is 0. The average molecular weight is 264 g/mol. The molecular weight excluding hydrogens is 244 g/mol. The van der Waals surface area contributed by atoms with Gasteiger partial charge in [0.2, 0.25) is 0 Å². The molecule has 2 rings (SSSR count). The van der Waals surface area contributed by atoms with E-state index in [9.17, 15) is 5.11 Å². The summed E-state index contributed by atoms with van der Waals surface area (Å²) in [6, 6.07) is 9.43. The van der Waals surface area contributed by atoms with Crippen LogP contribution in [0.2, 0.25) is 0 Å². The molecule has 0 spiro atoms. The van der Waals surface area contributed by atoms with Crippen molar-refractivity contribution >= 4 is 0 Å². The molecule has 0 amide bonds. The summed E-state index contributed by atoms with van der Waals surface area (Å²) in [5.74, 6) is -0.273. The first-order valence-electron chi connectivity index (χ1n) is 6.55. The summed E-state index contributed by atoms with van der Waals surface area (Å²) in [5.41, 5.74) is 0.827. The number of benzene rings is 1. The van der Waals surface area contributed by atoms with Crippen LogP contribution in [0.1, 0.15) is 18.6 Å². The van der Waals surface area contributed by atoms with Crippen molar-refractivity contribution in [3.8, 4) is 0 Å². The maximum atomic E-state index is 10.4. The maximum absolute atomic E-state index is 10.4. The highest BCUT2D eigenvalue weighted by Gasteiger charge is 2.33. The molecule has 0 saturated carbocycles. The van der Waals surface area contributed by atoms with E-state index in [-0.39, 0.29) is 18.6 Å². The molecule has 0 radical (unpaired) electrons. The monoisotopic (exact) mass is 264 g/mol. The Morgan fingerprint density at radius 1 is 1.26 bits per heavy atom. The topological polar surface area (TPSA) is 58.9 Å². The molecule has 4 atom stereocenters. The van der Waals surface area contributed by atoms with Crippen LogP contribution in [0.3, 0.4) is 0 Å². The van der Waals surface area contributed by atoms with Crippen LogP contribution in [-0.2, 0) is 9.47 Å². The Balaban J connectivity index is 2.16. The van der Waals surface area contributed by atoms with E-state index >= 15 is 0 Å². The first kappa shape index (κ1) is 14.2. The van der Waals surface area contributed by atoms with Gasteiger partial charge in [0.05, 0.1) is 18.6 Å². The van der Waals surface area contributed by atoms with E-state index in [4.69, 9.17) is 14.6 Å². The molecular formula is C15H20O4. The van der Waals surface area contributed by atoms with Crippen molar-refractivity contribution in [3.05, 3.63) is 48.0 Å². The minimum Gasteiger partial charge on any atom is -0.393 e. The standard InChI is InChI=1S/C15H20O4/c1-2-18-15-13(9-8-12(10-16)19-15)14(17)11-6-4-3-5-7-11/h3-9,12-17H,2,10H2,1H3/t12-,13+,14-,15-/m1/s1. The molecule has 104 valence electrons. The quantitative estimate of drug-likeness (QED) is 0.794. The van der Waals surface area contributed by atoms with E-state index < -0.39 is 12.4 Å². The highest BCUT2D eigenvalue weighted by molar-refractivity contribution is 5.20. The van der Waals surface area contributed by atoms with Gasteiger partial charge in [0.1, 0.15) is 6.10 Å². The van der Waals surface area contributed by atoms with Crippen molar-refractivity contribution in [1.82, 2.24) is 0 Å². The smallest absolute Gasteiger partial charge is 0.167 e. The van der Waals surface area contributed by atoms with Crippen LogP contribution in [0.15, 0.2) is 42.5 Å². The first-order valence-corrected chi connectivity index (χ1v) is 6.55. The van der Waals surface area contributed by atoms with Gasteiger partial charge in [-0.05, 0) is 12.5 Å². The normalized spacial score (nSPS) is 28.3. The summed E-state index contributed by atoms with van der Waals surface area (Å²) in [6.45, 7) is 2.28. The molecule has 4 heteroatoms. The van der Waals surface area contributed by atoms with Gasteiger partial charge in [-0.15, -0.1) is 0 Å². The lowest BCUT2D eigenvalue weighted by Gasteiger charge is -2.34. The molecule has 4 nitrogen and oxygen atoms in total. The highest BCUT2D eigenvalue weighted by atomic mass is 16.7. The van der Waals surface area contributed by atoms with E-state index in [1.165, 1.54) is 0 Å². The van der Waals surface area contributed by atoms with Gasteiger partial charge in [0, 0.05) is 6.61 Å². The van der Waals surface area contributed by atoms with Gasteiger partial charge < -0.3 is 19.7 Å². The van der Waals surface area contributed by atoms with Crippen LogP contribution in [0.4, 0.5) is 0 Å². The molecule has 1 aromatic rings. The molecule has 0 saturated heterocycles. The first-order chi connectivity index (χ1) is 9.26. The molecule has 2 N–H and O–H groups in total. The van der Waals surface area contributed by atoms with Crippen molar-refractivity contribution in [1.29, 1.82) is 0 Å². The third kappa shape index (κ3) is 3.42. The molecule has 1 aliphatic rings. The van der Waals surface area contributed by atoms with E-state index in [2.05, 4.69) is 0 Å². The van der Waals surface area contributed by atoms with Crippen LogP contribution < -0.4 is 0 Å². The summed E-state index contributed by atoms with van der Waals surface area (Å²) < 4.78 is 11.1. The second-order valence-corrected chi connectivity index (χ2v) is 4.50. The lowest BCUT2D eigenvalue weighted by atomic mass is 9.92. The van der Waals surface area contributed by atoms with E-state index in [1.54, 1.807) is 6.08 Å². The van der Waals surface area contributed by atoms with Crippen molar-refractivity contribution in [2.24, 2.45) is 5.92 Å². The van der Waals surface area contributed by atoms with E-state index in [0.717, 1.165) is 5.56 Å². The van der Waals surface area contributed by atoms with Crippen molar-refractivity contribution in [2.75, 3.05) is 13.2 Å². The minimum atomic E-state index is -0.686. The fourth-order valence-electron chi connectivity index (χ4n) is 2.20. The number of ether oxygens (including phenoxy) is 2. The number of hydrogen-bond donors (Lipinski definition) is 2. The lowest BCUT2D eigenvalue weighted by Crippen LogP contribution is -2.38. The molecule has 0 fully saturated rings. The molecule has 0 bridgehead atoms. The summed E-state index contributed by atoms with van der Waals surface area (Å²) >= 11 is 0. The fourth-order valence-corrected chi connectivity index (χ4v) is 2.20. The van der Waals surface area contributed by atoms with Crippen LogP contribution in [-0.4, -0.2) is 35.8 Å². The lowest BCUT2D eigenvalue weighted by molar-refractivity contribution is -0.205. The average Bonchev–Trinajstić information content (AvgIpc) is 2.47. The largest absolute Gasteiger partial charge is 0.393 e. The zero-order chi connectivity index (χ0) is 13.7. The van der Waals surface area contributed by atoms with Crippen molar-refractivity contribution in [3.63, 3.8) is 0 Å². The van der Waals surface area contributed by atoms with Gasteiger partial charge in [-0.3, -0.25) is 0 Å². The van der Waals surface area contributed by atoms with Crippen molar-refractivity contribution in [2.45, 2.75) is 25.4 Å². The van der Waals surface area contributed by atoms with E-state index in [0.29, 0.717) is 6.61 Å². The Morgan fingerprint density at radius 2 is 2.00 bits per heavy atom. The van der Waals surface area contributed by atoms with E-state index in [1.807, 2.05) is 43.3 Å². The Morgan fingerprint density at radius 3 is 2.63 bits per heavy atom. The molecule has 1 aliphatic heterocycles. The minimum absolute atomic E-state index is 0.0891. The second-order valence-electron chi connectivity index (χ2n) is 4.50. The van der Waals surface area contributed by atoms with Crippen LogP contribution in [0.5, 0.6) is 0 Å². The molecule has 1 aromatic carbocycles. The van der Waals surface area contributed by atoms with Crippen molar-refractivity contribution < 1.29 is 19.7 Å². The Bertz CT molecular complexity index is 404. The number of rotatable bonds is 5. The Hall–Kier alpha value is -1.20. The number of aliphatic hydroxyl groups is 2. The third-order valence-corrected chi connectivity index (χ3v) is 3.19. The number of hydrogen-bond acceptors (Lipinski definition) is 4. The highest BCUT2D eigenvalue weighted by Crippen LogP contribution is 2.31. The second kappa shape index (κ2) is 6.82. The zero-order valence-electron chi connectivity index (χ0n) is 11.0. The van der Waals surface area contributed by atoms with Gasteiger partial charge in [0.15, 0.2) is 6.29 Å². The van der Waals surface area contributed by atoms with Gasteiger partial charge in [0.25, 0.3) is 0 Å². The van der Waals surface area contributed by atoms with Crippen LogP contribution in [0.25, 0.3) is 0 Å². The summed E-state index contributed by atoms with van der Waals surface area (Å²) in [7, 11) is 0. The van der Waals surface area contributed by atoms with Gasteiger partial charge >= 0.3 is 0 Å². The fraction of sp³-hybridized carbons (Fsp3) is 0.467. The predicted octanol–water partition coefficient (Wildman–Crippen LogP) is 1.65. The third-order valence-electron chi connectivity index (χ3n) is 3.19. The Kier molecular flexibility index (Phi) is 5.10. The summed E-state index contributed by atoms with van der Waals surface area (Å²) in [6.07, 6.45) is 2.04. The number of aliphatic hydroxyl groups excluding tert-OH is 2. The predicted molar refractivity (Wildman–Crippen MR) is 71.4 cm³/mol. The molecule has 19 heavy (non-hydrogen) atoms. The summed E-state index contributed by atoms with van der Waals surface area (Å²) in [5, 5.41) is 19.6. The van der Waals surface area contributed by atoms with Gasteiger partial charge in [-0.25, -0.2) is 0 Å². The zero-order valence-corrected chi connectivity index (χ0v) is 11.0. The molecule has 1 heterocycles. The molecule has 0 aromatic heterocycles. The van der Waals surface area contributed by atoms with Gasteiger partial charge in [-0.1, -0.05) is 42.5 Å².